The summed E-state index contributed by atoms with van der Waals surface area (Å²) in [6.45, 7) is 3.77. The largest absolute Gasteiger partial charge is 1.00 e. The summed E-state index contributed by atoms with van der Waals surface area (Å²) in [7, 11) is -1.09. The van der Waals surface area contributed by atoms with Gasteiger partial charge in [-0.1, -0.05) is 19.8 Å². The summed E-state index contributed by atoms with van der Waals surface area (Å²) in [5.41, 5.74) is 0. The molecule has 1 rings (SSSR count). The summed E-state index contributed by atoms with van der Waals surface area (Å²) in [6.07, 6.45) is 2.40. The van der Waals surface area contributed by atoms with Gasteiger partial charge in [-0.25, -0.2) is 8.42 Å². The van der Waals surface area contributed by atoms with Gasteiger partial charge in [0.15, 0.2) is 0 Å². The first-order valence-corrected chi connectivity index (χ1v) is 6.78. The van der Waals surface area contributed by atoms with Gasteiger partial charge in [0.25, 0.3) is 0 Å². The predicted octanol–water partition coefficient (Wildman–Crippen LogP) is -1.80. The summed E-state index contributed by atoms with van der Waals surface area (Å²) in [6, 6.07) is 0.0303. The second kappa shape index (κ2) is 6.92. The van der Waals surface area contributed by atoms with Gasteiger partial charge in [0.1, 0.15) is 0 Å². The molecule has 0 saturated carbocycles. The fourth-order valence-corrected chi connectivity index (χ4v) is 2.92. The van der Waals surface area contributed by atoms with Crippen LogP contribution in [0.1, 0.15) is 26.2 Å². The van der Waals surface area contributed by atoms with Crippen LogP contribution in [0.25, 0.3) is 4.72 Å². The molecule has 0 spiro atoms. The molecule has 6 heteroatoms. The number of rotatable bonds is 4. The molecule has 1 heterocycles. The zero-order chi connectivity index (χ0) is 10.6. The SMILES string of the molecule is CCCS(=O)(=O)[N-]C1CCN(C)CC1.[Li+]. The van der Waals surface area contributed by atoms with Gasteiger partial charge in [-0.15, -0.1) is 6.04 Å². The Balaban J connectivity index is 0.00000196. The van der Waals surface area contributed by atoms with Crippen molar-refractivity contribution in [2.24, 2.45) is 0 Å². The van der Waals surface area contributed by atoms with Crippen LogP contribution in [0.2, 0.25) is 0 Å². The number of piperidine rings is 1. The van der Waals surface area contributed by atoms with Crippen molar-refractivity contribution in [1.82, 2.24) is 4.90 Å². The van der Waals surface area contributed by atoms with Crippen LogP contribution in [0.15, 0.2) is 0 Å². The predicted molar refractivity (Wildman–Crippen MR) is 58.0 cm³/mol. The van der Waals surface area contributed by atoms with Crippen molar-refractivity contribution in [1.29, 1.82) is 0 Å². The molecule has 0 amide bonds. The zero-order valence-corrected chi connectivity index (χ0v) is 10.8. The minimum absolute atomic E-state index is 0. The normalized spacial score (nSPS) is 19.9. The Morgan fingerprint density at radius 3 is 2.33 bits per heavy atom. The molecule has 0 radical (unpaired) electrons. The molecule has 0 aromatic heterocycles. The van der Waals surface area contributed by atoms with E-state index in [9.17, 15) is 8.42 Å². The van der Waals surface area contributed by atoms with E-state index < -0.39 is 10.0 Å². The third-order valence-electron chi connectivity index (χ3n) is 2.46. The minimum Gasteiger partial charge on any atom is -0.546 e. The van der Waals surface area contributed by atoms with Crippen LogP contribution in [0.4, 0.5) is 0 Å². The second-order valence-electron chi connectivity index (χ2n) is 3.93. The van der Waals surface area contributed by atoms with E-state index in [2.05, 4.69) is 16.7 Å². The average molecular weight is 226 g/mol. The molecule has 1 aliphatic rings. The van der Waals surface area contributed by atoms with Crippen LogP contribution in [-0.4, -0.2) is 45.2 Å². The van der Waals surface area contributed by atoms with Crippen LogP contribution in [0.5, 0.6) is 0 Å². The van der Waals surface area contributed by atoms with Gasteiger partial charge in [-0.05, 0) is 26.6 Å². The van der Waals surface area contributed by atoms with Gasteiger partial charge < -0.3 is 9.62 Å². The van der Waals surface area contributed by atoms with Gasteiger partial charge in [0.2, 0.25) is 0 Å². The maximum Gasteiger partial charge on any atom is 1.00 e. The Labute approximate surface area is 105 Å². The first-order chi connectivity index (χ1) is 6.53. The second-order valence-corrected chi connectivity index (χ2v) is 5.71. The monoisotopic (exact) mass is 226 g/mol. The molecule has 15 heavy (non-hydrogen) atoms. The molecule has 1 fully saturated rings. The number of sulfonamides is 1. The van der Waals surface area contributed by atoms with Crippen LogP contribution in [-0.2, 0) is 10.0 Å². The van der Waals surface area contributed by atoms with E-state index in [1.54, 1.807) is 0 Å². The first-order valence-electron chi connectivity index (χ1n) is 5.17. The summed E-state index contributed by atoms with van der Waals surface area (Å²) in [5.74, 6) is 0.194. The summed E-state index contributed by atoms with van der Waals surface area (Å²) in [5, 5.41) is 0. The van der Waals surface area contributed by atoms with Gasteiger partial charge in [0, 0.05) is 5.75 Å². The van der Waals surface area contributed by atoms with Crippen LogP contribution in [0, 0.1) is 0 Å². The standard InChI is InChI=1S/C9H19N2O2S.Li/c1-3-8-14(12,13)10-9-4-6-11(2)7-5-9;/h9H,3-8H2,1-2H3;/q-1;+1. The summed E-state index contributed by atoms with van der Waals surface area (Å²) < 4.78 is 26.7. The fraction of sp³-hybridized carbons (Fsp3) is 1.00. The zero-order valence-electron chi connectivity index (χ0n) is 9.94. The van der Waals surface area contributed by atoms with E-state index in [0.717, 1.165) is 25.9 Å². The van der Waals surface area contributed by atoms with E-state index in [-0.39, 0.29) is 30.7 Å². The number of hydrogen-bond donors (Lipinski definition) is 0. The molecular formula is C9H19LiN2O2S. The quantitative estimate of drug-likeness (QED) is 0.531. The summed E-state index contributed by atoms with van der Waals surface area (Å²) >= 11 is 0. The Kier molecular flexibility index (Phi) is 7.14. The Bertz CT molecular complexity index is 261. The fourth-order valence-electron chi connectivity index (χ4n) is 1.64. The van der Waals surface area contributed by atoms with Gasteiger partial charge in [0.05, 0.1) is 10.0 Å². The molecule has 0 bridgehead atoms. The number of nitrogens with zero attached hydrogens (tertiary/aromatic N) is 2. The van der Waals surface area contributed by atoms with Gasteiger partial charge in [-0.3, -0.25) is 0 Å². The van der Waals surface area contributed by atoms with Gasteiger partial charge >= 0.3 is 18.9 Å². The molecule has 0 aromatic rings. The van der Waals surface area contributed by atoms with Gasteiger partial charge in [-0.2, -0.15) is 0 Å². The third kappa shape index (κ3) is 5.93. The Morgan fingerprint density at radius 2 is 1.87 bits per heavy atom. The van der Waals surface area contributed by atoms with Crippen LogP contribution < -0.4 is 18.9 Å². The van der Waals surface area contributed by atoms with Crippen molar-refractivity contribution >= 4 is 10.0 Å². The van der Waals surface area contributed by atoms with E-state index in [4.69, 9.17) is 0 Å². The summed E-state index contributed by atoms with van der Waals surface area (Å²) in [4.78, 5) is 2.21. The van der Waals surface area contributed by atoms with E-state index in [1.165, 1.54) is 0 Å². The van der Waals surface area contributed by atoms with Crippen molar-refractivity contribution in [3.05, 3.63) is 4.72 Å². The van der Waals surface area contributed by atoms with E-state index >= 15 is 0 Å². The van der Waals surface area contributed by atoms with Crippen LogP contribution in [0.3, 0.4) is 0 Å². The minimum atomic E-state index is -3.14. The average Bonchev–Trinajstić information content (AvgIpc) is 2.08. The maximum atomic E-state index is 11.4. The molecule has 0 N–H and O–H groups in total. The molecule has 0 aliphatic carbocycles. The Hall–Kier alpha value is 0.467. The molecule has 84 valence electrons. The van der Waals surface area contributed by atoms with Crippen LogP contribution >= 0.6 is 0 Å². The van der Waals surface area contributed by atoms with Crippen molar-refractivity contribution < 1.29 is 27.3 Å². The smallest absolute Gasteiger partial charge is 0.546 e. The van der Waals surface area contributed by atoms with Crippen molar-refractivity contribution in [3.63, 3.8) is 0 Å². The Morgan fingerprint density at radius 1 is 1.33 bits per heavy atom. The molecule has 0 unspecified atom stereocenters. The first kappa shape index (κ1) is 15.5. The van der Waals surface area contributed by atoms with Crippen molar-refractivity contribution in [2.75, 3.05) is 25.9 Å². The molecule has 1 aliphatic heterocycles. The number of hydrogen-bond acceptors (Lipinski definition) is 3. The number of likely N-dealkylation sites (tertiary alicyclic amines) is 1. The van der Waals surface area contributed by atoms with Crippen molar-refractivity contribution in [2.45, 2.75) is 32.2 Å². The molecule has 4 nitrogen and oxygen atoms in total. The molecular weight excluding hydrogens is 207 g/mol. The maximum absolute atomic E-state index is 11.4. The van der Waals surface area contributed by atoms with Crippen molar-refractivity contribution in [3.8, 4) is 0 Å². The van der Waals surface area contributed by atoms with E-state index in [0.29, 0.717) is 6.42 Å². The molecule has 0 atom stereocenters. The third-order valence-corrected chi connectivity index (χ3v) is 4.00. The molecule has 0 aromatic carbocycles. The molecule has 1 saturated heterocycles. The topological polar surface area (TPSA) is 51.5 Å². The van der Waals surface area contributed by atoms with E-state index in [1.807, 2.05) is 6.92 Å².